The molecule has 0 aromatic heterocycles. The first-order valence-corrected chi connectivity index (χ1v) is 12.7. The zero-order valence-electron chi connectivity index (χ0n) is 20.2. The van der Waals surface area contributed by atoms with Crippen LogP contribution in [0, 0.1) is 6.92 Å². The Kier molecular flexibility index (Phi) is 8.51. The lowest BCUT2D eigenvalue weighted by Crippen LogP contribution is -2.38. The Balaban J connectivity index is 1.49. The summed E-state index contributed by atoms with van der Waals surface area (Å²) >= 11 is 12.3. The standard InChI is InChI=1S/C29H31Cl2NO3/c1-21-19-22(3-12-28(21)35-18-15-32-13-16-34-17-14-32)27(33)20-29(2,23-4-8-25(30)9-5-23)24-6-10-26(31)11-7-24/h3-12,19H,13-18,20H2,1-2H3. The number of ether oxygens (including phenoxy) is 2. The first-order chi connectivity index (χ1) is 16.8. The Hall–Kier alpha value is -2.37. The molecule has 3 aromatic rings. The van der Waals surface area contributed by atoms with E-state index in [0.717, 1.165) is 55.3 Å². The zero-order valence-corrected chi connectivity index (χ0v) is 21.7. The highest BCUT2D eigenvalue weighted by Crippen LogP contribution is 2.38. The van der Waals surface area contributed by atoms with Crippen molar-refractivity contribution in [2.75, 3.05) is 39.5 Å². The van der Waals surface area contributed by atoms with Crippen molar-refractivity contribution < 1.29 is 14.3 Å². The molecular weight excluding hydrogens is 481 g/mol. The third-order valence-electron chi connectivity index (χ3n) is 6.74. The fourth-order valence-corrected chi connectivity index (χ4v) is 4.78. The number of hydrogen-bond acceptors (Lipinski definition) is 4. The van der Waals surface area contributed by atoms with Crippen LogP contribution >= 0.6 is 23.2 Å². The molecule has 0 saturated carbocycles. The van der Waals surface area contributed by atoms with Gasteiger partial charge in [0.25, 0.3) is 0 Å². The molecule has 0 aliphatic carbocycles. The third-order valence-corrected chi connectivity index (χ3v) is 7.25. The number of carbonyl (C=O) groups is 1. The number of nitrogens with zero attached hydrogens (tertiary/aromatic N) is 1. The Morgan fingerprint density at radius 1 is 0.943 bits per heavy atom. The van der Waals surface area contributed by atoms with E-state index in [1.54, 1.807) is 0 Å². The molecule has 1 saturated heterocycles. The molecule has 3 aromatic carbocycles. The average molecular weight is 512 g/mol. The molecule has 1 aliphatic heterocycles. The van der Waals surface area contributed by atoms with Gasteiger partial charge in [0, 0.05) is 47.1 Å². The second-order valence-corrected chi connectivity index (χ2v) is 10.1. The molecule has 0 amide bonds. The fraction of sp³-hybridized carbons (Fsp3) is 0.345. The lowest BCUT2D eigenvalue weighted by molar-refractivity contribution is 0.0322. The Labute approximate surface area is 217 Å². The summed E-state index contributed by atoms with van der Waals surface area (Å²) in [5.74, 6) is 0.883. The summed E-state index contributed by atoms with van der Waals surface area (Å²) in [7, 11) is 0. The van der Waals surface area contributed by atoms with Gasteiger partial charge in [-0.15, -0.1) is 0 Å². The van der Waals surface area contributed by atoms with Gasteiger partial charge in [-0.2, -0.15) is 0 Å². The number of ketones is 1. The van der Waals surface area contributed by atoms with Crippen molar-refractivity contribution in [3.63, 3.8) is 0 Å². The molecule has 4 nitrogen and oxygen atoms in total. The molecule has 0 atom stereocenters. The summed E-state index contributed by atoms with van der Waals surface area (Å²) in [6.07, 6.45) is 0.312. The molecule has 6 heteroatoms. The van der Waals surface area contributed by atoms with Crippen LogP contribution in [-0.4, -0.2) is 50.1 Å². The van der Waals surface area contributed by atoms with Crippen molar-refractivity contribution >= 4 is 29.0 Å². The highest BCUT2D eigenvalue weighted by atomic mass is 35.5. The van der Waals surface area contributed by atoms with Crippen LogP contribution < -0.4 is 4.74 Å². The van der Waals surface area contributed by atoms with E-state index in [-0.39, 0.29) is 5.78 Å². The quantitative estimate of drug-likeness (QED) is 0.303. The number of hydrogen-bond donors (Lipinski definition) is 0. The second kappa shape index (κ2) is 11.6. The number of benzene rings is 3. The largest absolute Gasteiger partial charge is 0.492 e. The van der Waals surface area contributed by atoms with Gasteiger partial charge in [0.1, 0.15) is 12.4 Å². The van der Waals surface area contributed by atoms with Crippen LogP contribution in [0.15, 0.2) is 66.7 Å². The first-order valence-electron chi connectivity index (χ1n) is 11.9. The molecule has 0 bridgehead atoms. The van der Waals surface area contributed by atoms with E-state index in [9.17, 15) is 4.79 Å². The molecule has 0 N–H and O–H groups in total. The number of carbonyl (C=O) groups excluding carboxylic acids is 1. The molecule has 1 heterocycles. The summed E-state index contributed by atoms with van der Waals surface area (Å²) < 4.78 is 11.4. The van der Waals surface area contributed by atoms with Crippen molar-refractivity contribution in [2.45, 2.75) is 25.7 Å². The number of aryl methyl sites for hydroxylation is 1. The van der Waals surface area contributed by atoms with Crippen molar-refractivity contribution in [3.8, 4) is 5.75 Å². The van der Waals surface area contributed by atoms with Crippen LogP contribution in [0.3, 0.4) is 0 Å². The Bertz CT molecular complexity index is 1090. The van der Waals surface area contributed by atoms with E-state index < -0.39 is 5.41 Å². The average Bonchev–Trinajstić information content (AvgIpc) is 2.86. The maximum absolute atomic E-state index is 13.5. The van der Waals surface area contributed by atoms with E-state index in [2.05, 4.69) is 11.8 Å². The maximum Gasteiger partial charge on any atom is 0.164 e. The van der Waals surface area contributed by atoms with Crippen LogP contribution in [0.1, 0.15) is 40.4 Å². The van der Waals surface area contributed by atoms with Crippen molar-refractivity contribution in [1.82, 2.24) is 4.90 Å². The van der Waals surface area contributed by atoms with Crippen molar-refractivity contribution in [1.29, 1.82) is 0 Å². The molecule has 4 rings (SSSR count). The van der Waals surface area contributed by atoms with Gasteiger partial charge in [0.05, 0.1) is 13.2 Å². The van der Waals surface area contributed by atoms with Gasteiger partial charge >= 0.3 is 0 Å². The van der Waals surface area contributed by atoms with Crippen LogP contribution in [0.5, 0.6) is 5.75 Å². The molecular formula is C29H31Cl2NO3. The van der Waals surface area contributed by atoms with Gasteiger partial charge in [-0.3, -0.25) is 9.69 Å². The van der Waals surface area contributed by atoms with Crippen LogP contribution in [0.4, 0.5) is 0 Å². The minimum Gasteiger partial charge on any atom is -0.492 e. The van der Waals surface area contributed by atoms with Crippen molar-refractivity contribution in [3.05, 3.63) is 99.0 Å². The molecule has 0 unspecified atom stereocenters. The molecule has 0 spiro atoms. The van der Waals surface area contributed by atoms with Gasteiger partial charge < -0.3 is 9.47 Å². The van der Waals surface area contributed by atoms with Crippen LogP contribution in [0.2, 0.25) is 10.0 Å². The molecule has 184 valence electrons. The molecule has 35 heavy (non-hydrogen) atoms. The summed E-state index contributed by atoms with van der Waals surface area (Å²) in [6, 6.07) is 21.1. The summed E-state index contributed by atoms with van der Waals surface area (Å²) in [6.45, 7) is 8.99. The third kappa shape index (κ3) is 6.45. The molecule has 1 fully saturated rings. The molecule has 0 radical (unpaired) electrons. The van der Waals surface area contributed by atoms with E-state index in [1.807, 2.05) is 73.7 Å². The predicted molar refractivity (Wildman–Crippen MR) is 142 cm³/mol. The fourth-order valence-electron chi connectivity index (χ4n) is 4.52. The van der Waals surface area contributed by atoms with Gasteiger partial charge in [0.15, 0.2) is 5.78 Å². The number of rotatable bonds is 9. The highest BCUT2D eigenvalue weighted by molar-refractivity contribution is 6.30. The Morgan fingerprint density at radius 2 is 1.51 bits per heavy atom. The van der Waals surface area contributed by atoms with Crippen molar-refractivity contribution in [2.24, 2.45) is 0 Å². The summed E-state index contributed by atoms with van der Waals surface area (Å²) in [5.41, 5.74) is 3.15. The minimum absolute atomic E-state index is 0.0698. The van der Waals surface area contributed by atoms with Gasteiger partial charge in [-0.05, 0) is 66.1 Å². The van der Waals surface area contributed by atoms with Gasteiger partial charge in [-0.1, -0.05) is 54.4 Å². The number of morpholine rings is 1. The van der Waals surface area contributed by atoms with E-state index in [0.29, 0.717) is 28.6 Å². The number of halogens is 2. The van der Waals surface area contributed by atoms with E-state index in [4.69, 9.17) is 32.7 Å². The topological polar surface area (TPSA) is 38.8 Å². The summed E-state index contributed by atoms with van der Waals surface area (Å²) in [4.78, 5) is 15.9. The van der Waals surface area contributed by atoms with E-state index in [1.165, 1.54) is 0 Å². The lowest BCUT2D eigenvalue weighted by Gasteiger charge is -2.31. The monoisotopic (exact) mass is 511 g/mol. The normalized spacial score (nSPS) is 14.6. The lowest BCUT2D eigenvalue weighted by atomic mass is 9.72. The first kappa shape index (κ1) is 25.7. The van der Waals surface area contributed by atoms with E-state index >= 15 is 0 Å². The zero-order chi connectivity index (χ0) is 24.8. The predicted octanol–water partition coefficient (Wildman–Crippen LogP) is 6.59. The molecule has 1 aliphatic rings. The minimum atomic E-state index is -0.534. The Morgan fingerprint density at radius 3 is 2.06 bits per heavy atom. The van der Waals surface area contributed by atoms with Gasteiger partial charge in [0.2, 0.25) is 0 Å². The highest BCUT2D eigenvalue weighted by Gasteiger charge is 2.32. The second-order valence-electron chi connectivity index (χ2n) is 9.23. The maximum atomic E-state index is 13.5. The van der Waals surface area contributed by atoms with Crippen LogP contribution in [-0.2, 0) is 10.2 Å². The summed E-state index contributed by atoms with van der Waals surface area (Å²) in [5, 5.41) is 1.33. The smallest absolute Gasteiger partial charge is 0.164 e. The number of Topliss-reactive ketones (excluding diaryl/α,β-unsaturated/α-hetero) is 1. The van der Waals surface area contributed by atoms with Crippen LogP contribution in [0.25, 0.3) is 0 Å². The SMILES string of the molecule is Cc1cc(C(=O)CC(C)(c2ccc(Cl)cc2)c2ccc(Cl)cc2)ccc1OCCN1CCOCC1. The van der Waals surface area contributed by atoms with Gasteiger partial charge in [-0.25, -0.2) is 0 Å².